The molecule has 8 nitrogen and oxygen atoms in total. The molecule has 0 fully saturated rings. The summed E-state index contributed by atoms with van der Waals surface area (Å²) in [5, 5.41) is 12.2. The Kier molecular flexibility index (Phi) is 5.14. The highest BCUT2D eigenvalue weighted by Crippen LogP contribution is 2.27. The smallest absolute Gasteiger partial charge is 0.258 e. The van der Waals surface area contributed by atoms with Gasteiger partial charge in [0, 0.05) is 24.2 Å². The lowest BCUT2D eigenvalue weighted by molar-refractivity contribution is 0.102. The average molecular weight is 441 g/mol. The first-order valence-electron chi connectivity index (χ1n) is 10.3. The Balaban J connectivity index is 1.44. The number of para-hydroxylation sites is 1. The highest BCUT2D eigenvalue weighted by atomic mass is 19.1. The first-order chi connectivity index (χ1) is 16.0. The lowest BCUT2D eigenvalue weighted by atomic mass is 10.0. The van der Waals surface area contributed by atoms with Gasteiger partial charge in [-0.25, -0.2) is 19.0 Å². The van der Waals surface area contributed by atoms with E-state index >= 15 is 0 Å². The molecule has 3 heterocycles. The zero-order chi connectivity index (χ0) is 22.9. The van der Waals surface area contributed by atoms with Crippen molar-refractivity contribution in [3.8, 4) is 11.3 Å². The van der Waals surface area contributed by atoms with E-state index in [-0.39, 0.29) is 17.7 Å². The normalized spacial score (nSPS) is 11.1. The van der Waals surface area contributed by atoms with Crippen molar-refractivity contribution in [3.63, 3.8) is 0 Å². The quantitative estimate of drug-likeness (QED) is 0.446. The Bertz CT molecular complexity index is 1470. The summed E-state index contributed by atoms with van der Waals surface area (Å²) < 4.78 is 16.4. The van der Waals surface area contributed by atoms with E-state index in [1.165, 1.54) is 18.5 Å². The number of benzene rings is 2. The van der Waals surface area contributed by atoms with Crippen LogP contribution in [0.4, 0.5) is 10.3 Å². The van der Waals surface area contributed by atoms with Gasteiger partial charge in [-0.15, -0.1) is 5.10 Å². The molecule has 0 aliphatic carbocycles. The van der Waals surface area contributed by atoms with Gasteiger partial charge in [0.05, 0.1) is 29.0 Å². The van der Waals surface area contributed by atoms with E-state index in [2.05, 4.69) is 20.5 Å². The number of aromatic nitrogens is 6. The molecule has 0 saturated heterocycles. The molecule has 0 saturated carbocycles. The number of amides is 1. The second-order valence-electron chi connectivity index (χ2n) is 7.72. The van der Waals surface area contributed by atoms with E-state index in [1.807, 2.05) is 44.4 Å². The molecule has 0 radical (unpaired) electrons. The van der Waals surface area contributed by atoms with Crippen molar-refractivity contribution >= 4 is 22.8 Å². The summed E-state index contributed by atoms with van der Waals surface area (Å²) in [4.78, 5) is 22.1. The van der Waals surface area contributed by atoms with Gasteiger partial charge < -0.3 is 0 Å². The minimum Gasteiger partial charge on any atom is -0.289 e. The number of fused-ring (bicyclic) bond motifs is 1. The topological polar surface area (TPSA) is 90.5 Å². The maximum absolute atomic E-state index is 13.2. The predicted molar refractivity (Wildman–Crippen MR) is 122 cm³/mol. The van der Waals surface area contributed by atoms with Crippen LogP contribution in [0, 0.1) is 12.7 Å². The van der Waals surface area contributed by atoms with Gasteiger partial charge >= 0.3 is 0 Å². The number of hydrogen-bond acceptors (Lipinski definition) is 5. The first kappa shape index (κ1) is 20.5. The van der Waals surface area contributed by atoms with Crippen molar-refractivity contribution in [1.82, 2.24) is 29.5 Å². The average Bonchev–Trinajstić information content (AvgIpc) is 3.39. The molecule has 164 valence electrons. The Labute approximate surface area is 188 Å². The summed E-state index contributed by atoms with van der Waals surface area (Å²) in [5.74, 6) is -0.450. The van der Waals surface area contributed by atoms with Crippen molar-refractivity contribution in [2.45, 2.75) is 13.5 Å². The molecule has 0 atom stereocenters. The van der Waals surface area contributed by atoms with Crippen molar-refractivity contribution < 1.29 is 9.18 Å². The molecule has 0 aliphatic heterocycles. The van der Waals surface area contributed by atoms with Crippen LogP contribution in [0.1, 0.15) is 21.6 Å². The van der Waals surface area contributed by atoms with Gasteiger partial charge in [-0.1, -0.05) is 30.3 Å². The monoisotopic (exact) mass is 441 g/mol. The standard InChI is InChI=1S/C24H20FN7O/c1-15-20(13-31(2)29-15)22-11-19(18-5-3-4-6-21(18)27-22)23(33)28-24-26-14-32(30-24)12-16-7-9-17(25)10-8-16/h3-11,13-14H,12H2,1-2H3,(H,28,30,33). The van der Waals surface area contributed by atoms with Gasteiger partial charge in [0.1, 0.15) is 12.1 Å². The van der Waals surface area contributed by atoms with Crippen LogP contribution >= 0.6 is 0 Å². The lowest BCUT2D eigenvalue weighted by Gasteiger charge is -2.09. The third kappa shape index (κ3) is 4.20. The zero-order valence-corrected chi connectivity index (χ0v) is 18.0. The van der Waals surface area contributed by atoms with E-state index in [4.69, 9.17) is 4.98 Å². The molecular formula is C24H20FN7O. The van der Waals surface area contributed by atoms with Crippen molar-refractivity contribution in [2.24, 2.45) is 7.05 Å². The van der Waals surface area contributed by atoms with Crippen LogP contribution in [0.3, 0.4) is 0 Å². The molecule has 0 spiro atoms. The predicted octanol–water partition coefficient (Wildman–Crippen LogP) is 3.97. The fourth-order valence-electron chi connectivity index (χ4n) is 3.73. The summed E-state index contributed by atoms with van der Waals surface area (Å²) in [7, 11) is 1.85. The maximum Gasteiger partial charge on any atom is 0.258 e. The summed E-state index contributed by atoms with van der Waals surface area (Å²) in [6, 6.07) is 15.4. The highest BCUT2D eigenvalue weighted by molar-refractivity contribution is 6.12. The number of nitrogens with zero attached hydrogens (tertiary/aromatic N) is 6. The largest absolute Gasteiger partial charge is 0.289 e. The summed E-state index contributed by atoms with van der Waals surface area (Å²) >= 11 is 0. The van der Waals surface area contributed by atoms with Gasteiger partial charge in [0.25, 0.3) is 5.91 Å². The molecule has 5 rings (SSSR count). The van der Waals surface area contributed by atoms with Crippen LogP contribution in [0.25, 0.3) is 22.2 Å². The molecule has 0 aliphatic rings. The number of anilines is 1. The SMILES string of the molecule is Cc1nn(C)cc1-c1cc(C(=O)Nc2ncn(Cc3ccc(F)cc3)n2)c2ccccc2n1. The van der Waals surface area contributed by atoms with Crippen LogP contribution in [0.2, 0.25) is 0 Å². The molecule has 0 bridgehead atoms. The fourth-order valence-corrected chi connectivity index (χ4v) is 3.73. The fraction of sp³-hybridized carbons (Fsp3) is 0.125. The molecule has 1 N–H and O–H groups in total. The first-order valence-corrected chi connectivity index (χ1v) is 10.3. The van der Waals surface area contributed by atoms with Gasteiger partial charge in [0.2, 0.25) is 5.95 Å². The molecular weight excluding hydrogens is 421 g/mol. The Morgan fingerprint density at radius 1 is 1.09 bits per heavy atom. The van der Waals surface area contributed by atoms with Gasteiger partial charge in [-0.05, 0) is 36.8 Å². The van der Waals surface area contributed by atoms with Gasteiger partial charge in [0.15, 0.2) is 0 Å². The molecule has 1 amide bonds. The maximum atomic E-state index is 13.2. The number of rotatable bonds is 5. The number of halogens is 1. The van der Waals surface area contributed by atoms with E-state index in [0.29, 0.717) is 23.3 Å². The summed E-state index contributed by atoms with van der Waals surface area (Å²) in [6.45, 7) is 2.31. The molecule has 2 aromatic carbocycles. The summed E-state index contributed by atoms with van der Waals surface area (Å²) in [6.07, 6.45) is 3.40. The third-order valence-corrected chi connectivity index (χ3v) is 5.27. The van der Waals surface area contributed by atoms with Crippen molar-refractivity contribution in [2.75, 3.05) is 5.32 Å². The van der Waals surface area contributed by atoms with E-state index < -0.39 is 0 Å². The number of hydrogen-bond donors (Lipinski definition) is 1. The van der Waals surface area contributed by atoms with E-state index in [1.54, 1.807) is 27.6 Å². The number of carbonyl (C=O) groups excluding carboxylic acids is 1. The van der Waals surface area contributed by atoms with E-state index in [9.17, 15) is 9.18 Å². The lowest BCUT2D eigenvalue weighted by Crippen LogP contribution is -2.14. The number of carbonyl (C=O) groups is 1. The Hall–Kier alpha value is -4.40. The van der Waals surface area contributed by atoms with Crippen molar-refractivity contribution in [3.05, 3.63) is 89.8 Å². The molecule has 3 aromatic heterocycles. The highest BCUT2D eigenvalue weighted by Gasteiger charge is 2.17. The number of aryl methyl sites for hydroxylation is 2. The van der Waals surface area contributed by atoms with Crippen molar-refractivity contribution in [1.29, 1.82) is 0 Å². The van der Waals surface area contributed by atoms with Crippen LogP contribution in [-0.4, -0.2) is 35.4 Å². The number of pyridine rings is 1. The van der Waals surface area contributed by atoms with Gasteiger partial charge in [-0.2, -0.15) is 5.10 Å². The zero-order valence-electron chi connectivity index (χ0n) is 18.0. The Morgan fingerprint density at radius 3 is 2.64 bits per heavy atom. The van der Waals surface area contributed by atoms with Crippen LogP contribution < -0.4 is 5.32 Å². The van der Waals surface area contributed by atoms with Crippen LogP contribution in [-0.2, 0) is 13.6 Å². The molecule has 9 heteroatoms. The second-order valence-corrected chi connectivity index (χ2v) is 7.72. The van der Waals surface area contributed by atoms with Crippen LogP contribution in [0.5, 0.6) is 0 Å². The van der Waals surface area contributed by atoms with Gasteiger partial charge in [-0.3, -0.25) is 14.8 Å². The summed E-state index contributed by atoms with van der Waals surface area (Å²) in [5.41, 5.74) is 4.40. The van der Waals surface area contributed by atoms with E-state index in [0.717, 1.165) is 22.2 Å². The third-order valence-electron chi connectivity index (χ3n) is 5.27. The number of nitrogens with one attached hydrogen (secondary N) is 1. The molecule has 0 unspecified atom stereocenters. The Morgan fingerprint density at radius 2 is 1.88 bits per heavy atom. The van der Waals surface area contributed by atoms with Crippen LogP contribution in [0.15, 0.2) is 67.1 Å². The molecule has 5 aromatic rings. The molecule has 33 heavy (non-hydrogen) atoms. The second kappa shape index (κ2) is 8.27. The minimum absolute atomic E-state index is 0.183. The minimum atomic E-state index is -0.337.